The number of nitrogens with one attached hydrogen (secondary N) is 2. The van der Waals surface area contributed by atoms with Gasteiger partial charge in [-0.3, -0.25) is 4.79 Å². The van der Waals surface area contributed by atoms with E-state index in [2.05, 4.69) is 40.2 Å². The highest BCUT2D eigenvalue weighted by Crippen LogP contribution is 2.30. The van der Waals surface area contributed by atoms with Crippen molar-refractivity contribution in [2.75, 3.05) is 23.4 Å². The molecule has 1 aliphatic heterocycles. The fraction of sp³-hybridized carbons (Fsp3) is 0.625. The summed E-state index contributed by atoms with van der Waals surface area (Å²) in [6.07, 6.45) is 12.3. The summed E-state index contributed by atoms with van der Waals surface area (Å²) in [6, 6.07) is 2.84. The minimum Gasteiger partial charge on any atom is -0.396 e. The van der Waals surface area contributed by atoms with Gasteiger partial charge in [-0.25, -0.2) is 4.98 Å². The molecule has 0 bridgehead atoms. The topological polar surface area (TPSA) is 94.8 Å². The van der Waals surface area contributed by atoms with E-state index in [1.54, 1.807) is 0 Å². The molecule has 2 fully saturated rings. The summed E-state index contributed by atoms with van der Waals surface area (Å²) < 4.78 is 1.92. The number of carbonyl (C=O) groups excluding carboxylic acids is 1. The summed E-state index contributed by atoms with van der Waals surface area (Å²) in [4.78, 5) is 19.1. The number of hydrogen-bond acceptors (Lipinski definition) is 6. The minimum absolute atomic E-state index is 0.107. The Kier molecular flexibility index (Phi) is 7.29. The SMILES string of the molecule is C=CC(=O)NC1CCCC(Nc2cc(N3CCCCC3CCO)nc3c(CC)cnn23)C1. The molecule has 3 unspecified atom stereocenters. The van der Waals surface area contributed by atoms with Gasteiger partial charge in [0.05, 0.1) is 6.20 Å². The Morgan fingerprint density at radius 1 is 1.28 bits per heavy atom. The summed E-state index contributed by atoms with van der Waals surface area (Å²) in [5, 5.41) is 21.0. The third kappa shape index (κ3) is 4.90. The lowest BCUT2D eigenvalue weighted by Gasteiger charge is -2.37. The van der Waals surface area contributed by atoms with Crippen LogP contribution >= 0.6 is 0 Å². The number of carbonyl (C=O) groups is 1. The second-order valence-corrected chi connectivity index (χ2v) is 9.03. The molecule has 0 aromatic carbocycles. The van der Waals surface area contributed by atoms with Crippen LogP contribution in [0.3, 0.4) is 0 Å². The first-order valence-corrected chi connectivity index (χ1v) is 12.1. The first-order valence-electron chi connectivity index (χ1n) is 12.1. The molecule has 8 nitrogen and oxygen atoms in total. The van der Waals surface area contributed by atoms with E-state index in [-0.39, 0.29) is 24.6 Å². The van der Waals surface area contributed by atoms with Crippen molar-refractivity contribution in [1.82, 2.24) is 19.9 Å². The molecule has 3 N–H and O–H groups in total. The fourth-order valence-corrected chi connectivity index (χ4v) is 5.17. The zero-order chi connectivity index (χ0) is 22.5. The highest BCUT2D eigenvalue weighted by molar-refractivity contribution is 5.87. The minimum atomic E-state index is -0.107. The maximum absolute atomic E-state index is 11.8. The highest BCUT2D eigenvalue weighted by Gasteiger charge is 2.27. The van der Waals surface area contributed by atoms with Gasteiger partial charge in [0.1, 0.15) is 11.6 Å². The number of aromatic nitrogens is 3. The van der Waals surface area contributed by atoms with Crippen molar-refractivity contribution < 1.29 is 9.90 Å². The van der Waals surface area contributed by atoms with Crippen LogP contribution in [0.1, 0.15) is 63.9 Å². The number of rotatable bonds is 8. The van der Waals surface area contributed by atoms with E-state index >= 15 is 0 Å². The number of nitrogens with zero attached hydrogens (tertiary/aromatic N) is 4. The molecule has 0 spiro atoms. The number of aliphatic hydroxyl groups is 1. The summed E-state index contributed by atoms with van der Waals surface area (Å²) in [5.41, 5.74) is 2.03. The molecule has 2 aliphatic rings. The van der Waals surface area contributed by atoms with Gasteiger partial charge in [0.25, 0.3) is 0 Å². The van der Waals surface area contributed by atoms with Crippen LogP contribution < -0.4 is 15.5 Å². The quantitative estimate of drug-likeness (QED) is 0.546. The molecular weight excluding hydrogens is 404 g/mol. The van der Waals surface area contributed by atoms with Crippen LogP contribution in [0.15, 0.2) is 24.9 Å². The van der Waals surface area contributed by atoms with Gasteiger partial charge < -0.3 is 20.6 Å². The van der Waals surface area contributed by atoms with Crippen LogP contribution in [-0.4, -0.2) is 56.9 Å². The predicted octanol–water partition coefficient (Wildman–Crippen LogP) is 3.06. The number of fused-ring (bicyclic) bond motifs is 1. The van der Waals surface area contributed by atoms with Gasteiger partial charge in [0.2, 0.25) is 5.91 Å². The van der Waals surface area contributed by atoms with Crippen molar-refractivity contribution in [3.05, 3.63) is 30.5 Å². The number of piperidine rings is 1. The van der Waals surface area contributed by atoms with Crippen molar-refractivity contribution in [2.24, 2.45) is 0 Å². The normalized spacial score (nSPS) is 23.8. The maximum atomic E-state index is 11.8. The van der Waals surface area contributed by atoms with Crippen LogP contribution in [0.2, 0.25) is 0 Å². The molecule has 2 aromatic heterocycles. The molecule has 174 valence electrons. The van der Waals surface area contributed by atoms with Crippen LogP contribution in [0.5, 0.6) is 0 Å². The Labute approximate surface area is 190 Å². The number of anilines is 2. The van der Waals surface area contributed by atoms with Gasteiger partial charge in [0, 0.05) is 42.9 Å². The standard InChI is InChI=1S/C24H36N6O2/c1-3-17-16-25-30-22(26-18-8-7-9-19(14-18)27-23(32)4-2)15-21(28-24(17)30)29-12-6-5-10-20(29)11-13-31/h4,15-16,18-20,26,31H,2-3,5-14H2,1H3,(H,27,32). The van der Waals surface area contributed by atoms with Crippen molar-refractivity contribution in [3.63, 3.8) is 0 Å². The Bertz CT molecular complexity index is 940. The largest absolute Gasteiger partial charge is 0.396 e. The van der Waals surface area contributed by atoms with E-state index in [1.807, 2.05) is 10.7 Å². The van der Waals surface area contributed by atoms with E-state index < -0.39 is 0 Å². The van der Waals surface area contributed by atoms with Crippen molar-refractivity contribution in [2.45, 2.75) is 82.8 Å². The van der Waals surface area contributed by atoms with Crippen LogP contribution in [0.25, 0.3) is 5.65 Å². The number of aliphatic hydroxyl groups excluding tert-OH is 1. The molecule has 32 heavy (non-hydrogen) atoms. The number of hydrogen-bond donors (Lipinski definition) is 3. The Morgan fingerprint density at radius 3 is 2.91 bits per heavy atom. The first-order chi connectivity index (χ1) is 15.6. The van der Waals surface area contributed by atoms with Crippen molar-refractivity contribution in [1.29, 1.82) is 0 Å². The van der Waals surface area contributed by atoms with Crippen LogP contribution in [0.4, 0.5) is 11.6 Å². The van der Waals surface area contributed by atoms with Crippen molar-refractivity contribution >= 4 is 23.2 Å². The molecule has 1 saturated carbocycles. The second-order valence-electron chi connectivity index (χ2n) is 9.03. The molecule has 4 rings (SSSR count). The van der Waals surface area contributed by atoms with E-state index in [1.165, 1.54) is 12.5 Å². The molecular formula is C24H36N6O2. The van der Waals surface area contributed by atoms with Gasteiger partial charge in [0.15, 0.2) is 5.65 Å². The average Bonchev–Trinajstić information content (AvgIpc) is 3.23. The summed E-state index contributed by atoms with van der Waals surface area (Å²) in [6.45, 7) is 6.85. The summed E-state index contributed by atoms with van der Waals surface area (Å²) in [5.74, 6) is 1.79. The van der Waals surface area contributed by atoms with Gasteiger partial charge in [-0.2, -0.15) is 9.61 Å². The number of aryl methyl sites for hydroxylation is 1. The molecule has 8 heteroatoms. The maximum Gasteiger partial charge on any atom is 0.243 e. The Morgan fingerprint density at radius 2 is 2.12 bits per heavy atom. The zero-order valence-corrected chi connectivity index (χ0v) is 19.1. The monoisotopic (exact) mass is 440 g/mol. The molecule has 1 aliphatic carbocycles. The summed E-state index contributed by atoms with van der Waals surface area (Å²) >= 11 is 0. The third-order valence-corrected chi connectivity index (χ3v) is 6.85. The highest BCUT2D eigenvalue weighted by atomic mass is 16.3. The Hall–Kier alpha value is -2.61. The lowest BCUT2D eigenvalue weighted by molar-refractivity contribution is -0.117. The Balaban J connectivity index is 1.62. The lowest BCUT2D eigenvalue weighted by atomic mass is 9.91. The molecule has 1 amide bonds. The predicted molar refractivity (Wildman–Crippen MR) is 127 cm³/mol. The average molecular weight is 441 g/mol. The molecule has 3 heterocycles. The smallest absolute Gasteiger partial charge is 0.243 e. The third-order valence-electron chi connectivity index (χ3n) is 6.85. The van der Waals surface area contributed by atoms with Gasteiger partial charge in [-0.1, -0.05) is 13.5 Å². The fourth-order valence-electron chi connectivity index (χ4n) is 5.17. The van der Waals surface area contributed by atoms with E-state index in [0.717, 1.165) is 80.8 Å². The number of amides is 1. The van der Waals surface area contributed by atoms with E-state index in [9.17, 15) is 9.90 Å². The zero-order valence-electron chi connectivity index (χ0n) is 19.1. The van der Waals surface area contributed by atoms with Gasteiger partial charge >= 0.3 is 0 Å². The summed E-state index contributed by atoms with van der Waals surface area (Å²) in [7, 11) is 0. The van der Waals surface area contributed by atoms with E-state index in [0.29, 0.717) is 6.04 Å². The lowest BCUT2D eigenvalue weighted by Crippen LogP contribution is -2.42. The van der Waals surface area contributed by atoms with Crippen LogP contribution in [0, 0.1) is 0 Å². The first kappa shape index (κ1) is 22.6. The van der Waals surface area contributed by atoms with Crippen molar-refractivity contribution in [3.8, 4) is 0 Å². The van der Waals surface area contributed by atoms with E-state index in [4.69, 9.17) is 4.98 Å². The van der Waals surface area contributed by atoms with Gasteiger partial charge in [-0.05, 0) is 63.9 Å². The van der Waals surface area contributed by atoms with Gasteiger partial charge in [-0.15, -0.1) is 0 Å². The van der Waals surface area contributed by atoms with Crippen LogP contribution in [-0.2, 0) is 11.2 Å². The second kappa shape index (κ2) is 10.3. The molecule has 2 aromatic rings. The molecule has 1 saturated heterocycles. The molecule has 3 atom stereocenters. The molecule has 0 radical (unpaired) electrons.